The third kappa shape index (κ3) is 2.09. The van der Waals surface area contributed by atoms with Crippen molar-refractivity contribution >= 4 is 0 Å². The molecule has 0 aliphatic heterocycles. The van der Waals surface area contributed by atoms with Crippen molar-refractivity contribution in [3.8, 4) is 0 Å². The fraction of sp³-hybridized carbons (Fsp3) is 0.500. The number of hydrogen-bond acceptors (Lipinski definition) is 1. The van der Waals surface area contributed by atoms with Crippen LogP contribution >= 0.6 is 0 Å². The number of ether oxygens (including phenoxy) is 1. The standard InChI is InChI=1S/C8H11O.Zr/c1-3-7-5-4-6-8(7)9-2;/h6H,3-4H2,1-2H3;/q-1;. The summed E-state index contributed by atoms with van der Waals surface area (Å²) in [4.78, 5) is 0. The molecule has 0 saturated heterocycles. The Bertz CT molecular complexity index is 141. The average Bonchev–Trinajstić information content (AvgIpc) is 2.33. The van der Waals surface area contributed by atoms with Crippen LogP contribution in [-0.4, -0.2) is 7.11 Å². The van der Waals surface area contributed by atoms with Crippen molar-refractivity contribution in [2.45, 2.75) is 19.8 Å². The number of hydrogen-bond donors (Lipinski definition) is 0. The van der Waals surface area contributed by atoms with Gasteiger partial charge in [-0.15, -0.1) is 12.5 Å². The van der Waals surface area contributed by atoms with Gasteiger partial charge in [0.1, 0.15) is 0 Å². The fourth-order valence-corrected chi connectivity index (χ4v) is 0.983. The normalized spacial score (nSPS) is 15.4. The van der Waals surface area contributed by atoms with Crippen LogP contribution in [0, 0.1) is 6.08 Å². The van der Waals surface area contributed by atoms with Crippen molar-refractivity contribution in [2.75, 3.05) is 7.11 Å². The maximum atomic E-state index is 5.08. The van der Waals surface area contributed by atoms with Gasteiger partial charge in [-0.3, -0.25) is 6.08 Å². The summed E-state index contributed by atoms with van der Waals surface area (Å²) < 4.78 is 5.08. The van der Waals surface area contributed by atoms with Crippen molar-refractivity contribution in [1.29, 1.82) is 0 Å². The van der Waals surface area contributed by atoms with Gasteiger partial charge in [-0.1, -0.05) is 13.3 Å². The zero-order chi connectivity index (χ0) is 6.69. The van der Waals surface area contributed by atoms with E-state index in [4.69, 9.17) is 4.74 Å². The molecule has 0 aromatic heterocycles. The molecule has 0 saturated carbocycles. The molecule has 1 aliphatic rings. The monoisotopic (exact) mass is 213 g/mol. The van der Waals surface area contributed by atoms with Gasteiger partial charge in [-0.25, -0.2) is 0 Å². The second kappa shape index (κ2) is 4.90. The second-order valence-electron chi connectivity index (χ2n) is 1.99. The first-order valence-electron chi connectivity index (χ1n) is 3.22. The molecule has 2 heteroatoms. The minimum Gasteiger partial charge on any atom is -0.581 e. The molecule has 1 nitrogen and oxygen atoms in total. The maximum absolute atomic E-state index is 5.08. The van der Waals surface area contributed by atoms with Crippen molar-refractivity contribution in [2.24, 2.45) is 0 Å². The van der Waals surface area contributed by atoms with Crippen LogP contribution in [0.4, 0.5) is 0 Å². The van der Waals surface area contributed by atoms with Crippen LogP contribution in [-0.2, 0) is 30.9 Å². The maximum Gasteiger partial charge on any atom is 0.0532 e. The van der Waals surface area contributed by atoms with E-state index in [2.05, 4.69) is 19.1 Å². The van der Waals surface area contributed by atoms with Gasteiger partial charge in [0.05, 0.1) is 7.11 Å². The van der Waals surface area contributed by atoms with E-state index in [1.165, 1.54) is 5.57 Å². The van der Waals surface area contributed by atoms with Gasteiger partial charge in [-0.2, -0.15) is 5.57 Å². The quantitative estimate of drug-likeness (QED) is 0.639. The molecule has 0 heterocycles. The Labute approximate surface area is 81.3 Å². The van der Waals surface area contributed by atoms with Crippen LogP contribution in [0.15, 0.2) is 17.4 Å². The van der Waals surface area contributed by atoms with Crippen LogP contribution in [0.1, 0.15) is 19.8 Å². The van der Waals surface area contributed by atoms with E-state index >= 15 is 0 Å². The predicted octanol–water partition coefficient (Wildman–Crippen LogP) is 2.06. The van der Waals surface area contributed by atoms with Crippen LogP contribution in [0.5, 0.6) is 0 Å². The molecule has 10 heavy (non-hydrogen) atoms. The van der Waals surface area contributed by atoms with Crippen LogP contribution in [0.2, 0.25) is 0 Å². The van der Waals surface area contributed by atoms with Gasteiger partial charge < -0.3 is 4.74 Å². The van der Waals surface area contributed by atoms with Crippen LogP contribution < -0.4 is 0 Å². The van der Waals surface area contributed by atoms with Gasteiger partial charge in [0, 0.05) is 26.2 Å². The van der Waals surface area contributed by atoms with E-state index in [9.17, 15) is 0 Å². The predicted molar refractivity (Wildman–Crippen MR) is 36.8 cm³/mol. The molecule has 0 atom stereocenters. The third-order valence-electron chi connectivity index (χ3n) is 1.47. The molecule has 0 aromatic carbocycles. The van der Waals surface area contributed by atoms with Crippen LogP contribution in [0.3, 0.4) is 0 Å². The molecule has 0 N–H and O–H groups in total. The minimum absolute atomic E-state index is 0. The Kier molecular flexibility index (Phi) is 4.98. The molecule has 0 radical (unpaired) electrons. The summed E-state index contributed by atoms with van der Waals surface area (Å²) in [5, 5.41) is 0. The van der Waals surface area contributed by atoms with E-state index in [1.54, 1.807) is 7.11 Å². The summed E-state index contributed by atoms with van der Waals surface area (Å²) in [7, 11) is 1.70. The molecule has 0 amide bonds. The first-order chi connectivity index (χ1) is 4.38. The van der Waals surface area contributed by atoms with Gasteiger partial charge in [0.15, 0.2) is 0 Å². The van der Waals surface area contributed by atoms with E-state index in [0.29, 0.717) is 0 Å². The minimum atomic E-state index is 0. The van der Waals surface area contributed by atoms with E-state index in [-0.39, 0.29) is 26.2 Å². The summed E-state index contributed by atoms with van der Waals surface area (Å²) in [6.07, 6.45) is 7.21. The smallest absolute Gasteiger partial charge is 0.0532 e. The Morgan fingerprint density at radius 1 is 1.70 bits per heavy atom. The fourth-order valence-electron chi connectivity index (χ4n) is 0.983. The molecule has 0 spiro atoms. The van der Waals surface area contributed by atoms with Crippen LogP contribution in [0.25, 0.3) is 0 Å². The summed E-state index contributed by atoms with van der Waals surface area (Å²) in [6.45, 7) is 2.11. The van der Waals surface area contributed by atoms with Gasteiger partial charge in [0.25, 0.3) is 0 Å². The Morgan fingerprint density at radius 2 is 2.40 bits per heavy atom. The molecule has 0 fully saturated rings. The van der Waals surface area contributed by atoms with Crippen molar-refractivity contribution < 1.29 is 30.9 Å². The molecule has 0 aromatic rings. The van der Waals surface area contributed by atoms with Crippen molar-refractivity contribution in [1.82, 2.24) is 0 Å². The number of methoxy groups -OCH3 is 1. The van der Waals surface area contributed by atoms with Crippen molar-refractivity contribution in [3.63, 3.8) is 0 Å². The summed E-state index contributed by atoms with van der Waals surface area (Å²) in [6, 6.07) is 0. The summed E-state index contributed by atoms with van der Waals surface area (Å²) in [5.41, 5.74) is 1.22. The van der Waals surface area contributed by atoms with E-state index in [1.807, 2.05) is 0 Å². The summed E-state index contributed by atoms with van der Waals surface area (Å²) in [5.74, 6) is 1.01. The first-order valence-corrected chi connectivity index (χ1v) is 3.22. The third-order valence-corrected chi connectivity index (χ3v) is 1.47. The SMILES string of the molecule is CCC1=[C-]CC=C1OC.[Zr]. The molecule has 54 valence electrons. The van der Waals surface area contributed by atoms with E-state index in [0.717, 1.165) is 18.6 Å². The van der Waals surface area contributed by atoms with Crippen molar-refractivity contribution in [3.05, 3.63) is 23.5 Å². The first kappa shape index (κ1) is 10.2. The molecular formula is C8H11OZr-. The molecule has 1 rings (SSSR count). The Balaban J connectivity index is 0.000000810. The van der Waals surface area contributed by atoms with E-state index < -0.39 is 0 Å². The number of rotatable bonds is 2. The molecule has 0 bridgehead atoms. The zero-order valence-corrected chi connectivity index (χ0v) is 8.86. The molecule has 1 aliphatic carbocycles. The molecular weight excluding hydrogens is 203 g/mol. The average molecular weight is 214 g/mol. The number of allylic oxidation sites excluding steroid dienone is 3. The topological polar surface area (TPSA) is 9.23 Å². The second-order valence-corrected chi connectivity index (χ2v) is 1.99. The molecule has 0 unspecified atom stereocenters. The Morgan fingerprint density at radius 3 is 2.80 bits per heavy atom. The largest absolute Gasteiger partial charge is 0.581 e. The van der Waals surface area contributed by atoms with Gasteiger partial charge in [-0.05, 0) is 5.76 Å². The zero-order valence-electron chi connectivity index (χ0n) is 6.40. The van der Waals surface area contributed by atoms with Gasteiger partial charge in [0.2, 0.25) is 0 Å². The summed E-state index contributed by atoms with van der Waals surface area (Å²) >= 11 is 0. The Hall–Kier alpha value is 0.163. The van der Waals surface area contributed by atoms with Gasteiger partial charge >= 0.3 is 0 Å².